The highest BCUT2D eigenvalue weighted by molar-refractivity contribution is 7.57. The first kappa shape index (κ1) is 67.5. The fourth-order valence-electron chi connectivity index (χ4n) is 8.03. The number of alkyl carbamates (subject to hydrolysis) is 2. The first-order valence-electron chi connectivity index (χ1n) is 26.0. The van der Waals surface area contributed by atoms with Crippen molar-refractivity contribution >= 4 is 49.7 Å². The number of nitrogens with two attached hydrogens (primary N) is 3. The standard InChI is InChI=1S/C28H42N4O9.C25H38N3O10P/c1-15(2)12-18-6-8-19(9-7-18)16(3)26(37)39-11-5-10-31-28(38)41-24(21(34)14-33)23-17(4)20(32-27(29)30)13-22(40-23)25(35)36;1-4-36-39(34,35)22-13-18(26)16(3)23(37-22)24(20(31)14-29)38-25(33)28-11-5-10-27-21(32)9-8-17-7-6-15(2)19(30)12-17/h6-9,13,15-17,20-21,23-24,33-34H,5,10-12,14H2,1-4H3,(H,31,38)(H,35,36)(H4,29,30,32);6-9,12-13,16,18,20,23-24,29-31H,4-5,10-11,14,26H2,1-3H3,(H,27,32)(H,28,33)(H,34,35)/b;9-8+/t16-,17+,20-,21+,23?,24+;16-,18+,20-,23?,24-/m01/s1. The van der Waals surface area contributed by atoms with Gasteiger partial charge in [-0.3, -0.25) is 14.2 Å². The molecule has 2 heterocycles. The number of carboxylic acids is 1. The number of aliphatic imine (C=N–C) groups is 1. The Balaban J connectivity index is 0.000000421. The van der Waals surface area contributed by atoms with E-state index in [1.807, 2.05) is 24.3 Å². The zero-order valence-corrected chi connectivity index (χ0v) is 46.9. The first-order valence-corrected chi connectivity index (χ1v) is 27.6. The molecule has 3 unspecified atom stereocenters. The lowest BCUT2D eigenvalue weighted by Gasteiger charge is -2.39. The van der Waals surface area contributed by atoms with Gasteiger partial charge in [-0.1, -0.05) is 64.1 Å². The van der Waals surface area contributed by atoms with Gasteiger partial charge in [0.25, 0.3) is 0 Å². The molecular formula is C53H80N7O19P. The fourth-order valence-corrected chi connectivity index (χ4v) is 9.12. The third-order valence-electron chi connectivity index (χ3n) is 12.6. The molecule has 0 saturated carbocycles. The number of aromatic hydroxyl groups is 1. The Morgan fingerprint density at radius 2 is 1.41 bits per heavy atom. The zero-order chi connectivity index (χ0) is 59.9. The number of aliphatic hydroxyl groups excluding tert-OH is 4. The lowest BCUT2D eigenvalue weighted by Crippen LogP contribution is -2.53. The SMILES string of the molecule is CC(C)Cc1ccc([C@H](C)C(=O)OCCCNC(=O)O[C@@H](C2OC(C(=O)O)=C[C@H](N=C(N)N)[C@H]2C)[C@H](O)CO)cc1.CCOP(=O)(O)C1=C[C@H](N)[C@@H](C)C([C@H](OC(=O)NCCCNC(=O)/C=C/c2ccc(C)c(O)c2)[C@H](O)CO)O1. The van der Waals surface area contributed by atoms with Crippen molar-refractivity contribution in [2.45, 2.75) is 122 Å². The molecule has 4 rings (SSSR count). The molecule has 0 saturated heterocycles. The number of carbonyl (C=O) groups is 5. The molecule has 0 spiro atoms. The molecule has 12 atom stereocenters. The van der Waals surface area contributed by atoms with Crippen LogP contribution in [0.25, 0.3) is 6.08 Å². The maximum absolute atomic E-state index is 12.5. The summed E-state index contributed by atoms with van der Waals surface area (Å²) in [6, 6.07) is 11.3. The highest BCUT2D eigenvalue weighted by atomic mass is 31.2. The van der Waals surface area contributed by atoms with Gasteiger partial charge in [-0.25, -0.2) is 19.4 Å². The Bertz CT molecular complexity index is 2520. The van der Waals surface area contributed by atoms with Crippen LogP contribution in [0.1, 0.15) is 82.6 Å². The van der Waals surface area contributed by atoms with Crippen LogP contribution in [-0.4, -0.2) is 166 Å². The average Bonchev–Trinajstić information content (AvgIpc) is 3.40. The molecule has 0 aliphatic carbocycles. The summed E-state index contributed by atoms with van der Waals surface area (Å²) in [6.45, 7) is 11.4. The second-order valence-electron chi connectivity index (χ2n) is 19.5. The molecule has 446 valence electrons. The predicted octanol–water partition coefficient (Wildman–Crippen LogP) is 2.11. The Hall–Kier alpha value is -6.77. The van der Waals surface area contributed by atoms with Gasteiger partial charge >= 0.3 is 31.7 Å². The minimum Gasteiger partial charge on any atom is -0.508 e. The van der Waals surface area contributed by atoms with E-state index in [2.05, 4.69) is 34.8 Å². The number of phenols is 1. The van der Waals surface area contributed by atoms with E-state index in [-0.39, 0.29) is 56.9 Å². The van der Waals surface area contributed by atoms with Gasteiger partial charge in [-0.2, -0.15) is 0 Å². The van der Waals surface area contributed by atoms with Gasteiger partial charge in [0, 0.05) is 43.6 Å². The van der Waals surface area contributed by atoms with Gasteiger partial charge in [0.1, 0.15) is 30.2 Å². The molecule has 26 nitrogen and oxygen atoms in total. The number of hydrogen-bond donors (Lipinski definition) is 13. The van der Waals surface area contributed by atoms with Gasteiger partial charge in [0.05, 0.1) is 38.4 Å². The first-order chi connectivity index (χ1) is 37.7. The lowest BCUT2D eigenvalue weighted by molar-refractivity contribution is -0.147. The number of guanidine groups is 1. The minimum atomic E-state index is -4.33. The lowest BCUT2D eigenvalue weighted by atomic mass is 9.87. The highest BCUT2D eigenvalue weighted by Crippen LogP contribution is 2.54. The summed E-state index contributed by atoms with van der Waals surface area (Å²) in [7, 11) is -4.33. The maximum Gasteiger partial charge on any atom is 0.407 e. The fraction of sp³-hybridized carbons (Fsp3) is 0.547. The van der Waals surface area contributed by atoms with Crippen LogP contribution in [0.5, 0.6) is 5.75 Å². The Kier molecular flexibility index (Phi) is 27.9. The minimum absolute atomic E-state index is 0.0489. The summed E-state index contributed by atoms with van der Waals surface area (Å²) in [6.07, 6.45) is -3.37. The van der Waals surface area contributed by atoms with Crippen molar-refractivity contribution < 1.29 is 92.3 Å². The number of nitrogens with zero attached hydrogens (tertiary/aromatic N) is 1. The van der Waals surface area contributed by atoms with Crippen LogP contribution in [0.3, 0.4) is 0 Å². The van der Waals surface area contributed by atoms with E-state index in [0.29, 0.717) is 17.9 Å². The molecule has 27 heteroatoms. The number of aliphatic carboxylic acids is 1. The summed E-state index contributed by atoms with van der Waals surface area (Å²) < 4.78 is 44.4. The molecule has 0 bridgehead atoms. The second kappa shape index (κ2) is 33.1. The van der Waals surface area contributed by atoms with Crippen molar-refractivity contribution in [3.05, 3.63) is 94.2 Å². The van der Waals surface area contributed by atoms with Crippen LogP contribution < -0.4 is 33.2 Å². The van der Waals surface area contributed by atoms with Crippen molar-refractivity contribution in [3.8, 4) is 5.75 Å². The summed E-state index contributed by atoms with van der Waals surface area (Å²) in [5.41, 5.74) is 20.0. The van der Waals surface area contributed by atoms with Crippen molar-refractivity contribution in [1.82, 2.24) is 16.0 Å². The van der Waals surface area contributed by atoms with E-state index in [1.165, 1.54) is 30.7 Å². The number of aliphatic hydroxyl groups is 4. The zero-order valence-electron chi connectivity index (χ0n) is 46.0. The summed E-state index contributed by atoms with van der Waals surface area (Å²) in [5, 5.41) is 66.5. The summed E-state index contributed by atoms with van der Waals surface area (Å²) >= 11 is 0. The van der Waals surface area contributed by atoms with Crippen LogP contribution in [0.4, 0.5) is 9.59 Å². The van der Waals surface area contributed by atoms with Gasteiger partial charge in [-0.05, 0) is 92.5 Å². The number of carbonyl (C=O) groups excluding carboxylic acids is 4. The molecule has 2 aliphatic rings. The second-order valence-corrected chi connectivity index (χ2v) is 21.2. The number of hydrogen-bond acceptors (Lipinski definition) is 19. The number of carboxylic acid groups (broad SMARTS) is 1. The number of phenolic OH excluding ortho intramolecular Hbond substituents is 1. The molecule has 2 aliphatic heterocycles. The Morgan fingerprint density at radius 1 is 0.838 bits per heavy atom. The van der Waals surface area contributed by atoms with Crippen molar-refractivity contribution in [1.29, 1.82) is 0 Å². The van der Waals surface area contributed by atoms with Gasteiger partial charge in [0.15, 0.2) is 18.2 Å². The Labute approximate surface area is 464 Å². The highest BCUT2D eigenvalue weighted by Gasteiger charge is 2.46. The largest absolute Gasteiger partial charge is 0.508 e. The van der Waals surface area contributed by atoms with E-state index in [0.717, 1.165) is 17.5 Å². The van der Waals surface area contributed by atoms with E-state index >= 15 is 0 Å². The van der Waals surface area contributed by atoms with E-state index in [4.69, 9.17) is 45.4 Å². The third-order valence-corrected chi connectivity index (χ3v) is 14.0. The number of amides is 3. The predicted molar refractivity (Wildman–Crippen MR) is 292 cm³/mol. The van der Waals surface area contributed by atoms with Crippen LogP contribution in [0.15, 0.2) is 76.9 Å². The topological polar surface area (TPSA) is 426 Å². The number of rotatable bonds is 27. The molecule has 0 aromatic heterocycles. The number of esters is 1. The van der Waals surface area contributed by atoms with Crippen LogP contribution in [0, 0.1) is 24.7 Å². The van der Waals surface area contributed by atoms with Crippen LogP contribution >= 0.6 is 7.60 Å². The summed E-state index contributed by atoms with van der Waals surface area (Å²) in [4.78, 5) is 75.1. The number of ether oxygens (including phenoxy) is 5. The van der Waals surface area contributed by atoms with Gasteiger partial charge < -0.3 is 96.9 Å². The van der Waals surface area contributed by atoms with E-state index < -0.39 is 123 Å². The van der Waals surface area contributed by atoms with Crippen LogP contribution in [0.2, 0.25) is 0 Å². The molecule has 3 amide bonds. The monoisotopic (exact) mass is 1150 g/mol. The molecule has 2 aromatic rings. The quantitative estimate of drug-likeness (QED) is 0.0116. The molecule has 2 aromatic carbocycles. The van der Waals surface area contributed by atoms with Crippen molar-refractivity contribution in [3.63, 3.8) is 0 Å². The van der Waals surface area contributed by atoms with Gasteiger partial charge in [0.2, 0.25) is 17.2 Å². The number of benzene rings is 2. The molecular weight excluding hydrogens is 1070 g/mol. The molecule has 0 fully saturated rings. The molecule has 0 radical (unpaired) electrons. The molecule has 80 heavy (non-hydrogen) atoms. The molecule has 16 N–H and O–H groups in total. The van der Waals surface area contributed by atoms with E-state index in [1.54, 1.807) is 52.0 Å². The number of nitrogens with one attached hydrogen (secondary N) is 3. The smallest absolute Gasteiger partial charge is 0.407 e. The van der Waals surface area contributed by atoms with Crippen LogP contribution in [-0.2, 0) is 53.6 Å². The normalized spacial score (nSPS) is 21.4. The average molecular weight is 1150 g/mol. The van der Waals surface area contributed by atoms with Crippen molar-refractivity contribution in [2.75, 3.05) is 46.1 Å². The van der Waals surface area contributed by atoms with Crippen molar-refractivity contribution in [2.24, 2.45) is 39.9 Å². The maximum atomic E-state index is 12.5. The summed E-state index contributed by atoms with van der Waals surface area (Å²) in [5.74, 6) is -3.95. The Morgan fingerprint density at radius 3 is 1.95 bits per heavy atom. The van der Waals surface area contributed by atoms with E-state index in [9.17, 15) is 64.1 Å². The van der Waals surface area contributed by atoms with Gasteiger partial charge in [-0.15, -0.1) is 0 Å². The third kappa shape index (κ3) is 21.7. The number of aryl methyl sites for hydroxylation is 1.